The molecule has 1 N–H and O–H groups in total. The van der Waals surface area contributed by atoms with Crippen LogP contribution < -0.4 is 0 Å². The molecule has 0 atom stereocenters. The summed E-state index contributed by atoms with van der Waals surface area (Å²) in [6.45, 7) is 0.0694. The van der Waals surface area contributed by atoms with Gasteiger partial charge in [-0.2, -0.15) is 0 Å². The van der Waals surface area contributed by atoms with Crippen molar-refractivity contribution in [2.24, 2.45) is 0 Å². The van der Waals surface area contributed by atoms with Crippen LogP contribution in [0.1, 0.15) is 10.4 Å². The van der Waals surface area contributed by atoms with Crippen molar-refractivity contribution < 1.29 is 5.11 Å². The molecular weight excluding hydrogens is 280 g/mol. The highest BCUT2D eigenvalue weighted by atomic mass is 79.9. The number of alkyl halides is 1. The SMILES string of the molecule is OCc1sc2cccc(CBr)c2c1S. The first-order chi connectivity index (χ1) is 6.77. The van der Waals surface area contributed by atoms with Gasteiger partial charge in [-0.05, 0) is 11.6 Å². The number of fused-ring (bicyclic) bond motifs is 1. The van der Waals surface area contributed by atoms with Crippen LogP contribution in [0.15, 0.2) is 23.1 Å². The van der Waals surface area contributed by atoms with Crippen LogP contribution in [0.4, 0.5) is 0 Å². The summed E-state index contributed by atoms with van der Waals surface area (Å²) in [5.41, 5.74) is 1.23. The van der Waals surface area contributed by atoms with E-state index in [0.29, 0.717) is 0 Å². The molecular formula is C10H9BrOS2. The average molecular weight is 289 g/mol. The monoisotopic (exact) mass is 288 g/mol. The quantitative estimate of drug-likeness (QED) is 0.639. The first kappa shape index (κ1) is 10.5. The van der Waals surface area contributed by atoms with Gasteiger partial charge in [-0.15, -0.1) is 24.0 Å². The average Bonchev–Trinajstić information content (AvgIpc) is 2.55. The lowest BCUT2D eigenvalue weighted by molar-refractivity contribution is 0.283. The van der Waals surface area contributed by atoms with E-state index < -0.39 is 0 Å². The molecule has 14 heavy (non-hydrogen) atoms. The van der Waals surface area contributed by atoms with Crippen LogP contribution in [0.2, 0.25) is 0 Å². The summed E-state index contributed by atoms with van der Waals surface area (Å²) in [5, 5.41) is 11.1. The van der Waals surface area contributed by atoms with Gasteiger partial charge in [0.2, 0.25) is 0 Å². The van der Waals surface area contributed by atoms with E-state index in [-0.39, 0.29) is 6.61 Å². The van der Waals surface area contributed by atoms with Crippen LogP contribution >= 0.6 is 39.9 Å². The molecule has 0 aliphatic rings. The predicted octanol–water partition coefficient (Wildman–Crippen LogP) is 3.58. The Morgan fingerprint density at radius 3 is 2.86 bits per heavy atom. The summed E-state index contributed by atoms with van der Waals surface area (Å²) in [6, 6.07) is 6.17. The summed E-state index contributed by atoms with van der Waals surface area (Å²) >= 11 is 9.51. The molecule has 0 aliphatic heterocycles. The summed E-state index contributed by atoms with van der Waals surface area (Å²) in [4.78, 5) is 1.86. The van der Waals surface area contributed by atoms with Gasteiger partial charge in [-0.3, -0.25) is 0 Å². The first-order valence-corrected chi connectivity index (χ1v) is 6.55. The van der Waals surface area contributed by atoms with Gasteiger partial charge in [-0.25, -0.2) is 0 Å². The van der Waals surface area contributed by atoms with Gasteiger partial charge in [0.05, 0.1) is 6.61 Å². The summed E-state index contributed by atoms with van der Waals surface area (Å²) in [7, 11) is 0. The largest absolute Gasteiger partial charge is 0.391 e. The lowest BCUT2D eigenvalue weighted by Crippen LogP contribution is -1.80. The third kappa shape index (κ3) is 1.60. The molecule has 4 heteroatoms. The molecule has 1 nitrogen and oxygen atoms in total. The van der Waals surface area contributed by atoms with Gasteiger partial charge in [-0.1, -0.05) is 28.1 Å². The maximum Gasteiger partial charge on any atom is 0.0786 e. The van der Waals surface area contributed by atoms with Crippen molar-refractivity contribution in [3.63, 3.8) is 0 Å². The second-order valence-electron chi connectivity index (χ2n) is 2.96. The molecule has 0 amide bonds. The molecule has 2 aromatic rings. The molecule has 0 spiro atoms. The Balaban J connectivity index is 2.79. The van der Waals surface area contributed by atoms with E-state index in [4.69, 9.17) is 5.11 Å². The van der Waals surface area contributed by atoms with Crippen LogP contribution in [0.25, 0.3) is 10.1 Å². The first-order valence-electron chi connectivity index (χ1n) is 4.17. The van der Waals surface area contributed by atoms with Crippen molar-refractivity contribution in [2.75, 3.05) is 0 Å². The number of hydrogen-bond donors (Lipinski definition) is 2. The fourth-order valence-electron chi connectivity index (χ4n) is 1.47. The van der Waals surface area contributed by atoms with Gasteiger partial charge in [0.1, 0.15) is 0 Å². The number of thiol groups is 1. The van der Waals surface area contributed by atoms with Gasteiger partial charge in [0.25, 0.3) is 0 Å². The summed E-state index contributed by atoms with van der Waals surface area (Å²) in [6.07, 6.45) is 0. The molecule has 1 aromatic carbocycles. The Bertz CT molecular complexity index is 464. The molecule has 0 saturated heterocycles. The van der Waals surface area contributed by atoms with Crippen molar-refractivity contribution in [1.82, 2.24) is 0 Å². The minimum absolute atomic E-state index is 0.0694. The second kappa shape index (κ2) is 4.23. The lowest BCUT2D eigenvalue weighted by Gasteiger charge is -1.99. The predicted molar refractivity (Wildman–Crippen MR) is 67.6 cm³/mol. The highest BCUT2D eigenvalue weighted by Crippen LogP contribution is 2.36. The maximum absolute atomic E-state index is 9.13. The molecule has 74 valence electrons. The van der Waals surface area contributed by atoms with Crippen molar-refractivity contribution in [3.05, 3.63) is 28.6 Å². The van der Waals surface area contributed by atoms with Crippen LogP contribution in [0.5, 0.6) is 0 Å². The van der Waals surface area contributed by atoms with E-state index in [0.717, 1.165) is 15.1 Å². The Morgan fingerprint density at radius 2 is 2.21 bits per heavy atom. The smallest absolute Gasteiger partial charge is 0.0786 e. The van der Waals surface area contributed by atoms with Crippen LogP contribution in [0.3, 0.4) is 0 Å². The maximum atomic E-state index is 9.13. The zero-order valence-electron chi connectivity index (χ0n) is 7.33. The van der Waals surface area contributed by atoms with Crippen LogP contribution in [-0.2, 0) is 11.9 Å². The van der Waals surface area contributed by atoms with E-state index in [1.165, 1.54) is 15.6 Å². The van der Waals surface area contributed by atoms with E-state index in [2.05, 4.69) is 40.7 Å². The fraction of sp³-hybridized carbons (Fsp3) is 0.200. The van der Waals surface area contributed by atoms with Gasteiger partial charge in [0, 0.05) is 25.2 Å². The Hall–Kier alpha value is -0.0300. The van der Waals surface area contributed by atoms with Gasteiger partial charge in [0.15, 0.2) is 0 Å². The Morgan fingerprint density at radius 1 is 1.43 bits per heavy atom. The Kier molecular flexibility index (Phi) is 3.17. The van der Waals surface area contributed by atoms with Crippen molar-refractivity contribution in [1.29, 1.82) is 0 Å². The minimum Gasteiger partial charge on any atom is -0.391 e. The highest BCUT2D eigenvalue weighted by molar-refractivity contribution is 9.08. The van der Waals surface area contributed by atoms with E-state index in [1.807, 2.05) is 6.07 Å². The molecule has 1 heterocycles. The molecule has 0 aliphatic carbocycles. The normalized spacial score (nSPS) is 11.1. The zero-order valence-corrected chi connectivity index (χ0v) is 10.6. The number of hydrogen-bond acceptors (Lipinski definition) is 3. The standard InChI is InChI=1S/C10H9BrOS2/c11-4-6-2-1-3-7-9(6)10(13)8(5-12)14-7/h1-3,12-13H,4-5H2. The van der Waals surface area contributed by atoms with Gasteiger partial charge >= 0.3 is 0 Å². The number of rotatable bonds is 2. The number of aliphatic hydroxyl groups excluding tert-OH is 1. The number of halogens is 1. The minimum atomic E-state index is 0.0694. The third-order valence-electron chi connectivity index (χ3n) is 2.13. The van der Waals surface area contributed by atoms with E-state index in [9.17, 15) is 0 Å². The molecule has 0 saturated carbocycles. The Labute approximate surface area is 100 Å². The van der Waals surface area contributed by atoms with Crippen LogP contribution in [-0.4, -0.2) is 5.11 Å². The molecule has 0 radical (unpaired) electrons. The van der Waals surface area contributed by atoms with Gasteiger partial charge < -0.3 is 5.11 Å². The number of thiophene rings is 1. The summed E-state index contributed by atoms with van der Waals surface area (Å²) < 4.78 is 1.19. The zero-order chi connectivity index (χ0) is 10.1. The highest BCUT2D eigenvalue weighted by Gasteiger charge is 2.10. The van der Waals surface area contributed by atoms with Crippen LogP contribution in [0, 0.1) is 0 Å². The molecule has 0 bridgehead atoms. The fourth-order valence-corrected chi connectivity index (χ4v) is 3.49. The van der Waals surface area contributed by atoms with Crippen molar-refractivity contribution in [2.45, 2.75) is 16.8 Å². The lowest BCUT2D eigenvalue weighted by atomic mass is 10.1. The molecule has 0 unspecified atom stereocenters. The third-order valence-corrected chi connectivity index (χ3v) is 4.52. The van der Waals surface area contributed by atoms with Crippen molar-refractivity contribution in [3.8, 4) is 0 Å². The number of aliphatic hydroxyl groups is 1. The number of benzene rings is 1. The molecule has 0 fully saturated rings. The topological polar surface area (TPSA) is 20.2 Å². The second-order valence-corrected chi connectivity index (χ2v) is 5.10. The van der Waals surface area contributed by atoms with Crippen molar-refractivity contribution >= 4 is 50.0 Å². The molecule has 1 aromatic heterocycles. The summed E-state index contributed by atoms with van der Waals surface area (Å²) in [5.74, 6) is 0. The molecule has 2 rings (SSSR count). The van der Waals surface area contributed by atoms with E-state index >= 15 is 0 Å². The van der Waals surface area contributed by atoms with E-state index in [1.54, 1.807) is 11.3 Å².